The van der Waals surface area contributed by atoms with Gasteiger partial charge in [0.1, 0.15) is 5.78 Å². The topological polar surface area (TPSA) is 35.5 Å². The Balaban J connectivity index is 1.36. The number of ether oxygens (including phenoxy) is 2. The fraction of sp³-hybridized carbons (Fsp3) is 0.893. The molecule has 31 heavy (non-hydrogen) atoms. The number of hydrogen-bond donors (Lipinski definition) is 0. The molecule has 5 aliphatic rings. The summed E-state index contributed by atoms with van der Waals surface area (Å²) in [7, 11) is 0. The van der Waals surface area contributed by atoms with E-state index in [0.29, 0.717) is 34.4 Å². The fourth-order valence-electron chi connectivity index (χ4n) is 9.44. The van der Waals surface area contributed by atoms with Crippen LogP contribution in [0.4, 0.5) is 0 Å². The van der Waals surface area contributed by atoms with Crippen LogP contribution in [0.15, 0.2) is 12.2 Å². The van der Waals surface area contributed by atoms with E-state index < -0.39 is 0 Å². The highest BCUT2D eigenvalue weighted by Gasteiger charge is 2.63. The SMILES string of the molecule is C=C1C[C@H]2CC3(CC[C@]2(C)[C@H]2CC[C@]4(C)[C@@H]([C@H](C)CCC(C)=O)CC[C@H]4[C@H]12)OCCO3. The smallest absolute Gasteiger partial charge is 0.168 e. The van der Waals surface area contributed by atoms with E-state index >= 15 is 0 Å². The van der Waals surface area contributed by atoms with Crippen molar-refractivity contribution in [1.82, 2.24) is 0 Å². The highest BCUT2D eigenvalue weighted by molar-refractivity contribution is 5.75. The molecular formula is C28H44O3. The van der Waals surface area contributed by atoms with E-state index in [0.717, 1.165) is 56.7 Å². The zero-order chi connectivity index (χ0) is 22.0. The second-order valence-corrected chi connectivity index (χ2v) is 12.6. The van der Waals surface area contributed by atoms with Crippen molar-refractivity contribution < 1.29 is 14.3 Å². The van der Waals surface area contributed by atoms with Gasteiger partial charge in [-0.05, 0) is 98.2 Å². The molecule has 1 saturated heterocycles. The van der Waals surface area contributed by atoms with E-state index in [1.54, 1.807) is 6.92 Å². The number of ketones is 1. The van der Waals surface area contributed by atoms with Crippen molar-refractivity contribution in [3.63, 3.8) is 0 Å². The summed E-state index contributed by atoms with van der Waals surface area (Å²) < 4.78 is 12.3. The molecule has 0 aromatic rings. The van der Waals surface area contributed by atoms with E-state index in [1.165, 1.54) is 44.1 Å². The summed E-state index contributed by atoms with van der Waals surface area (Å²) in [6.07, 6.45) is 11.8. The minimum atomic E-state index is -0.287. The predicted molar refractivity (Wildman–Crippen MR) is 123 cm³/mol. The summed E-state index contributed by atoms with van der Waals surface area (Å²) in [6, 6.07) is 0. The summed E-state index contributed by atoms with van der Waals surface area (Å²) in [6.45, 7) is 15.6. The lowest BCUT2D eigenvalue weighted by atomic mass is 9.43. The minimum Gasteiger partial charge on any atom is -0.348 e. The van der Waals surface area contributed by atoms with Crippen molar-refractivity contribution >= 4 is 5.78 Å². The van der Waals surface area contributed by atoms with Crippen molar-refractivity contribution in [3.8, 4) is 0 Å². The lowest BCUT2D eigenvalue weighted by Crippen LogP contribution is -2.56. The molecule has 0 aromatic heterocycles. The van der Waals surface area contributed by atoms with Crippen LogP contribution in [0.5, 0.6) is 0 Å². The van der Waals surface area contributed by atoms with Gasteiger partial charge < -0.3 is 14.3 Å². The molecule has 0 aromatic carbocycles. The van der Waals surface area contributed by atoms with Crippen molar-refractivity contribution in [3.05, 3.63) is 12.2 Å². The molecule has 4 aliphatic carbocycles. The van der Waals surface area contributed by atoms with E-state index in [4.69, 9.17) is 16.1 Å². The maximum Gasteiger partial charge on any atom is 0.168 e. The molecule has 0 amide bonds. The molecule has 5 fully saturated rings. The van der Waals surface area contributed by atoms with Crippen LogP contribution in [0, 0.1) is 46.3 Å². The first kappa shape index (κ1) is 22.1. The second kappa shape index (κ2) is 7.69. The van der Waals surface area contributed by atoms with Gasteiger partial charge in [-0.2, -0.15) is 0 Å². The number of Topliss-reactive ketones (excluding diaryl/α,β-unsaturated/α-hetero) is 1. The van der Waals surface area contributed by atoms with Crippen LogP contribution in [0.25, 0.3) is 0 Å². The van der Waals surface area contributed by atoms with Gasteiger partial charge in [0.25, 0.3) is 0 Å². The van der Waals surface area contributed by atoms with E-state index in [1.807, 2.05) is 0 Å². The highest BCUT2D eigenvalue weighted by atomic mass is 16.7. The first-order valence-corrected chi connectivity index (χ1v) is 13.1. The molecular weight excluding hydrogens is 384 g/mol. The first-order chi connectivity index (χ1) is 14.7. The van der Waals surface area contributed by atoms with Crippen LogP contribution in [-0.4, -0.2) is 24.8 Å². The summed E-state index contributed by atoms with van der Waals surface area (Å²) in [4.78, 5) is 11.6. The third-order valence-corrected chi connectivity index (χ3v) is 11.2. The Bertz CT molecular complexity index is 737. The number of carbonyl (C=O) groups excluding carboxylic acids is 1. The Morgan fingerprint density at radius 1 is 1.06 bits per heavy atom. The van der Waals surface area contributed by atoms with Crippen LogP contribution in [0.1, 0.15) is 91.9 Å². The van der Waals surface area contributed by atoms with Crippen LogP contribution in [-0.2, 0) is 14.3 Å². The standard InChI is InChI=1S/C28H44O3/c1-18(6-7-20(3)29)22-8-9-23-25-19(2)16-21-17-28(30-14-15-31-28)13-12-26(21,4)24(25)10-11-27(22,23)5/h18,21-25H,2,6-17H2,1,3-5H3/t18-,21+,22-,23+,24+,25+,26+,27-/m1/s1. The van der Waals surface area contributed by atoms with Gasteiger partial charge in [0.15, 0.2) is 5.79 Å². The van der Waals surface area contributed by atoms with Gasteiger partial charge >= 0.3 is 0 Å². The Labute approximate surface area is 189 Å². The Morgan fingerprint density at radius 3 is 2.48 bits per heavy atom. The van der Waals surface area contributed by atoms with E-state index in [-0.39, 0.29) is 5.79 Å². The first-order valence-electron chi connectivity index (χ1n) is 13.1. The van der Waals surface area contributed by atoms with Crippen molar-refractivity contribution in [2.75, 3.05) is 13.2 Å². The summed E-state index contributed by atoms with van der Waals surface area (Å²) in [5, 5.41) is 0. The Kier molecular flexibility index (Phi) is 5.49. The highest BCUT2D eigenvalue weighted by Crippen LogP contribution is 2.70. The van der Waals surface area contributed by atoms with Gasteiger partial charge in [0.05, 0.1) is 13.2 Å². The molecule has 8 atom stereocenters. The summed E-state index contributed by atoms with van der Waals surface area (Å²) in [5.74, 6) is 4.41. The number of allylic oxidation sites excluding steroid dienone is 1. The molecule has 0 N–H and O–H groups in total. The zero-order valence-corrected chi connectivity index (χ0v) is 20.4. The quantitative estimate of drug-likeness (QED) is 0.476. The van der Waals surface area contributed by atoms with Crippen LogP contribution < -0.4 is 0 Å². The molecule has 1 aliphatic heterocycles. The average Bonchev–Trinajstić information content (AvgIpc) is 3.32. The molecule has 3 heteroatoms. The van der Waals surface area contributed by atoms with E-state index in [2.05, 4.69) is 20.8 Å². The molecule has 0 bridgehead atoms. The molecule has 3 nitrogen and oxygen atoms in total. The van der Waals surface area contributed by atoms with Crippen molar-refractivity contribution in [1.29, 1.82) is 0 Å². The third-order valence-electron chi connectivity index (χ3n) is 11.2. The van der Waals surface area contributed by atoms with E-state index in [9.17, 15) is 4.79 Å². The second-order valence-electron chi connectivity index (χ2n) is 12.6. The Hall–Kier alpha value is -0.670. The van der Waals surface area contributed by atoms with Gasteiger partial charge in [-0.3, -0.25) is 0 Å². The van der Waals surface area contributed by atoms with Crippen LogP contribution in [0.3, 0.4) is 0 Å². The third kappa shape index (κ3) is 3.39. The van der Waals surface area contributed by atoms with Gasteiger partial charge in [-0.1, -0.05) is 32.9 Å². The number of rotatable bonds is 4. The molecule has 1 heterocycles. The average molecular weight is 429 g/mol. The lowest BCUT2D eigenvalue weighted by Gasteiger charge is -2.62. The molecule has 174 valence electrons. The van der Waals surface area contributed by atoms with Gasteiger partial charge in [-0.15, -0.1) is 0 Å². The maximum absolute atomic E-state index is 11.6. The molecule has 4 saturated carbocycles. The number of fused-ring (bicyclic) bond motifs is 5. The lowest BCUT2D eigenvalue weighted by molar-refractivity contribution is -0.223. The Morgan fingerprint density at radius 2 is 1.77 bits per heavy atom. The molecule has 1 spiro atoms. The monoisotopic (exact) mass is 428 g/mol. The van der Waals surface area contributed by atoms with Crippen molar-refractivity contribution in [2.45, 2.75) is 97.7 Å². The fourth-order valence-corrected chi connectivity index (χ4v) is 9.44. The van der Waals surface area contributed by atoms with Gasteiger partial charge in [0.2, 0.25) is 0 Å². The van der Waals surface area contributed by atoms with Gasteiger partial charge in [-0.25, -0.2) is 0 Å². The van der Waals surface area contributed by atoms with Crippen LogP contribution >= 0.6 is 0 Å². The summed E-state index contributed by atoms with van der Waals surface area (Å²) in [5.41, 5.74) is 2.37. The molecule has 0 unspecified atom stereocenters. The minimum absolute atomic E-state index is 0.287. The van der Waals surface area contributed by atoms with Crippen molar-refractivity contribution in [2.24, 2.45) is 46.3 Å². The van der Waals surface area contributed by atoms with Crippen LogP contribution in [0.2, 0.25) is 0 Å². The maximum atomic E-state index is 11.6. The predicted octanol–water partition coefficient (Wildman–Crippen LogP) is 6.56. The normalized spacial score (nSPS) is 47.0. The molecule has 0 radical (unpaired) electrons. The molecule has 5 rings (SSSR count). The number of carbonyl (C=O) groups is 1. The van der Waals surface area contributed by atoms with Gasteiger partial charge in [0, 0.05) is 19.3 Å². The zero-order valence-electron chi connectivity index (χ0n) is 20.4. The summed E-state index contributed by atoms with van der Waals surface area (Å²) >= 11 is 0. The largest absolute Gasteiger partial charge is 0.348 e. The number of hydrogen-bond acceptors (Lipinski definition) is 3.